The number of benzene rings is 9. The maximum absolute atomic E-state index is 12.0. The molecule has 662 valence electrons. The van der Waals surface area contributed by atoms with Crippen LogP contribution in [0.5, 0.6) is 57.5 Å². The van der Waals surface area contributed by atoms with Crippen LogP contribution in [-0.4, -0.2) is 137 Å². The molecule has 0 aliphatic heterocycles. The number of esters is 5. The van der Waals surface area contributed by atoms with Crippen molar-refractivity contribution in [2.45, 2.75) is 89.9 Å². The first-order valence-corrected chi connectivity index (χ1v) is 39.0. The number of ether oxygens (including phenoxy) is 12. The summed E-state index contributed by atoms with van der Waals surface area (Å²) in [4.78, 5) is 141. The van der Waals surface area contributed by atoms with E-state index in [2.05, 4.69) is 56.5 Å². The number of nitrogens with two attached hydrogens (primary N) is 2. The zero-order chi connectivity index (χ0) is 94.0. The quantitative estimate of drug-likeness (QED) is 0.00374. The first kappa shape index (κ1) is 106. The van der Waals surface area contributed by atoms with Gasteiger partial charge in [0.2, 0.25) is 15.3 Å². The molecule has 0 spiro atoms. The van der Waals surface area contributed by atoms with Crippen molar-refractivity contribution in [3.05, 3.63) is 269 Å². The fraction of sp³-hybridized carbons (Fsp3) is 0.203. The number of carbonyl (C=O) groups is 7. The number of alkyl halides is 1. The van der Waals surface area contributed by atoms with E-state index in [0.717, 1.165) is 0 Å². The minimum absolute atomic E-state index is 0.0296. The first-order valence-electron chi connectivity index (χ1n) is 34.9. The molecule has 7 unspecified atom stereocenters. The highest BCUT2D eigenvalue weighted by Crippen LogP contribution is 2.27. The number of aliphatic carboxylic acids is 1. The third-order valence-electron chi connectivity index (χ3n) is 14.3. The normalized spacial score (nSPS) is 11.4. The van der Waals surface area contributed by atoms with Crippen molar-refractivity contribution in [2.75, 3.05) is 25.7 Å². The van der Waals surface area contributed by atoms with Crippen LogP contribution >= 0.6 is 48.9 Å². The van der Waals surface area contributed by atoms with E-state index in [0.29, 0.717) is 57.3 Å². The lowest BCUT2D eigenvalue weighted by Crippen LogP contribution is -2.28. The van der Waals surface area contributed by atoms with E-state index in [1.54, 1.807) is 99.8 Å². The Kier molecular flexibility index (Phi) is 48.0. The number of aliphatic imine (C=N–C) groups is 1. The Morgan fingerprint density at radius 1 is 0.392 bits per heavy atom. The number of nitro benzene ring substituents is 5. The van der Waals surface area contributed by atoms with Crippen LogP contribution in [0.1, 0.15) is 48.5 Å². The number of nitro groups is 5. The van der Waals surface area contributed by atoms with Crippen molar-refractivity contribution in [1.82, 2.24) is 0 Å². The van der Waals surface area contributed by atoms with Crippen LogP contribution < -0.4 is 58.8 Å². The molecule has 0 amide bonds. The average molecular weight is 1880 g/mol. The molecule has 9 aromatic carbocycles. The molecule has 0 saturated heterocycles. The largest absolute Gasteiger partial charge is 0.482 e. The molecule has 0 aliphatic carbocycles. The Bertz CT molecular complexity index is 5070. The van der Waals surface area contributed by atoms with Gasteiger partial charge in [0, 0.05) is 93.4 Å². The molecule has 5 N–H and O–H groups in total. The fourth-order valence-electron chi connectivity index (χ4n) is 8.02. The summed E-state index contributed by atoms with van der Waals surface area (Å²) < 4.78 is 69.5. The van der Waals surface area contributed by atoms with Gasteiger partial charge in [-0.2, -0.15) is 4.99 Å². The van der Waals surface area contributed by atoms with Gasteiger partial charge in [-0.15, -0.1) is 5.26 Å². The van der Waals surface area contributed by atoms with E-state index < -0.39 is 106 Å². The van der Waals surface area contributed by atoms with Gasteiger partial charge in [0.25, 0.3) is 39.9 Å². The number of carboxylic acid groups (broad SMARTS) is 1. The number of nitriles is 1. The zero-order valence-electron chi connectivity index (χ0n) is 66.6. The Morgan fingerprint density at radius 3 is 0.832 bits per heavy atom. The van der Waals surface area contributed by atoms with Crippen molar-refractivity contribution >= 4 is 151 Å². The van der Waals surface area contributed by atoms with Gasteiger partial charge in [-0.3, -0.25) is 60.2 Å². The number of anilines is 2. The van der Waals surface area contributed by atoms with E-state index in [1.165, 1.54) is 194 Å². The van der Waals surface area contributed by atoms with Gasteiger partial charge in [0.05, 0.1) is 44.5 Å². The highest BCUT2D eigenvalue weighted by molar-refractivity contribution is 9.10. The van der Waals surface area contributed by atoms with Crippen molar-refractivity contribution in [3.63, 3.8) is 0 Å². The molecule has 0 saturated carbocycles. The van der Waals surface area contributed by atoms with Crippen molar-refractivity contribution in [3.8, 4) is 63.8 Å². The summed E-state index contributed by atoms with van der Waals surface area (Å²) in [6.07, 6.45) is -2.06. The van der Waals surface area contributed by atoms with Crippen molar-refractivity contribution in [2.24, 2.45) is 4.99 Å². The standard InChI is InChI=1S/C17H12N2O5.C15H12N2O7.C15H16N2O3.C10H11NO5.C9H8ClNO4.C9H9NO5.C4H7BrO2.Cl2OS/c1-12(23-15-8-6-14(7-9-15)22-10-18)17(21)24-16-4-2-13(3-5-16)19-11-20;1-10(23-13-6-2-11(3-7-13)16(19)20)15(18)24-14-8-4-12(5-9-14)17(21)22;1-10(19-13-6-2-11(16)3-7-13)15(18)20-14-8-4-12(17)5-9-14;1-7(10(12)15-2)16-9-5-3-8(4-6-9)11(13)14;1-6(9(10)12)15-8-4-2-7(3-5-8)11(13)14;1-6(9(11)12)15-8-4-2-7(3-5-8)10(13)14;1-3(5)4(6)7-2;1-4(2)3/h2-9,12H,1H3;2-10H,1H3;2-10H,16-17H2,1H3;3-7H,1-2H3;2-6H,1H3;2-6H,1H3,(H,11,12);3H,1-2H3;. The molecule has 0 heterocycles. The highest BCUT2D eigenvalue weighted by atomic mass is 79.9. The molecule has 41 nitrogen and oxygen atoms in total. The Hall–Kier alpha value is -15.0. The summed E-state index contributed by atoms with van der Waals surface area (Å²) in [6, 6.07) is 52.0. The summed E-state index contributed by atoms with van der Waals surface area (Å²) in [6.45, 7) is 10.7. The second-order valence-electron chi connectivity index (χ2n) is 23.6. The van der Waals surface area contributed by atoms with E-state index >= 15 is 0 Å². The van der Waals surface area contributed by atoms with Gasteiger partial charge in [-0.1, -0.05) is 15.9 Å². The molecule has 0 fully saturated rings. The number of hydrogen-bond donors (Lipinski definition) is 3. The number of carboxylic acids is 1. The molecular weight excluding hydrogens is 1810 g/mol. The predicted octanol–water partition coefficient (Wildman–Crippen LogP) is 15.1. The van der Waals surface area contributed by atoms with Gasteiger partial charge < -0.3 is 73.4 Å². The van der Waals surface area contributed by atoms with Gasteiger partial charge in [-0.25, -0.2) is 33.0 Å². The third kappa shape index (κ3) is 43.7. The van der Waals surface area contributed by atoms with Crippen molar-refractivity contribution < 1.29 is 129 Å². The number of carbonyl (C=O) groups excluding carboxylic acids is 7. The van der Waals surface area contributed by atoms with Crippen LogP contribution in [0.25, 0.3) is 0 Å². The van der Waals surface area contributed by atoms with Crippen molar-refractivity contribution in [1.29, 1.82) is 5.26 Å². The Morgan fingerprint density at radius 2 is 0.608 bits per heavy atom. The molecule has 9 aromatic rings. The first-order chi connectivity index (χ1) is 59.0. The molecule has 7 atom stereocenters. The fourth-order valence-corrected chi connectivity index (χ4v) is 8.26. The summed E-state index contributed by atoms with van der Waals surface area (Å²) in [7, 11) is 9.98. The molecule has 0 bridgehead atoms. The highest BCUT2D eigenvalue weighted by Gasteiger charge is 2.23. The maximum Gasteiger partial charge on any atom is 0.352 e. The SMILES string of the molecule is CC(Oc1ccc(N)cc1)C(=O)Oc1ccc(N)cc1.CC(Oc1ccc(OC#N)cc1)C(=O)Oc1ccc(N=C=O)cc1.CC(Oc1ccc([N+](=O)[O-])cc1)C(=O)Cl.CC(Oc1ccc([N+](=O)[O-])cc1)C(=O)O.CC(Oc1ccc([N+](=O)[O-])cc1)C(=O)Oc1ccc([N+](=O)[O-])cc1.COC(=O)C(C)Br.COC(=O)C(C)Oc1ccc([N+](=O)[O-])cc1.O=S(Cl)Cl. The molecule has 0 aromatic heterocycles. The predicted molar refractivity (Wildman–Crippen MR) is 452 cm³/mol. The lowest BCUT2D eigenvalue weighted by molar-refractivity contribution is -0.385. The number of hydrogen-bond acceptors (Lipinski definition) is 35. The van der Waals surface area contributed by atoms with E-state index in [4.69, 9.17) is 80.3 Å². The summed E-state index contributed by atoms with van der Waals surface area (Å²) in [5, 5.41) is 68.5. The van der Waals surface area contributed by atoms with Crippen LogP contribution in [0.4, 0.5) is 45.5 Å². The monoisotopic (exact) mass is 1880 g/mol. The van der Waals surface area contributed by atoms with Crippen LogP contribution in [0.15, 0.2) is 223 Å². The molecular formula is C79H75BrCl3N9O32S. The second kappa shape index (κ2) is 56.5. The Balaban J connectivity index is 0.000000500. The molecule has 0 radical (unpaired) electrons. The summed E-state index contributed by atoms with van der Waals surface area (Å²) >= 11 is 8.21. The smallest absolute Gasteiger partial charge is 0.352 e. The van der Waals surface area contributed by atoms with E-state index in [9.17, 15) is 88.9 Å². The number of non-ortho nitro benzene ring substituents is 5. The minimum Gasteiger partial charge on any atom is -0.482 e. The molecule has 9 rings (SSSR count). The molecule has 125 heavy (non-hydrogen) atoms. The molecule has 0 aliphatic rings. The van der Waals surface area contributed by atoms with Crippen LogP contribution in [0.3, 0.4) is 0 Å². The third-order valence-corrected chi connectivity index (χ3v) is 14.9. The Labute approximate surface area is 734 Å². The maximum atomic E-state index is 12.0. The van der Waals surface area contributed by atoms with Gasteiger partial charge in [0.15, 0.2) is 36.6 Å². The van der Waals surface area contributed by atoms with E-state index in [-0.39, 0.29) is 56.5 Å². The number of isocyanates is 1. The zero-order valence-corrected chi connectivity index (χ0v) is 71.3. The number of nitrogen functional groups attached to an aromatic ring is 2. The lowest BCUT2D eigenvalue weighted by atomic mass is 10.3. The number of halogens is 4. The second-order valence-corrected chi connectivity index (χ2v) is 27.8. The average Bonchev–Trinajstić information content (AvgIpc) is 0.879. The van der Waals surface area contributed by atoms with Gasteiger partial charge >= 0.3 is 35.8 Å². The summed E-state index contributed by atoms with van der Waals surface area (Å²) in [5.74, 6) is -0.0614. The number of nitrogens with zero attached hydrogens (tertiary/aromatic N) is 7. The summed E-state index contributed by atoms with van der Waals surface area (Å²) in [5.41, 5.74) is 12.4. The van der Waals surface area contributed by atoms with Crippen LogP contribution in [0.2, 0.25) is 0 Å². The minimum atomic E-state index is -1.67. The number of rotatable bonds is 29. The topological polar surface area (TPSA) is 589 Å². The van der Waals surface area contributed by atoms with E-state index in [1.807, 2.05) is 0 Å². The van der Waals surface area contributed by atoms with Gasteiger partial charge in [-0.05, 0) is 218 Å². The van der Waals surface area contributed by atoms with Crippen LogP contribution in [-0.2, 0) is 57.1 Å². The van der Waals surface area contributed by atoms with Gasteiger partial charge in [0.1, 0.15) is 62.3 Å². The molecule has 46 heteroatoms. The lowest BCUT2D eigenvalue weighted by Gasteiger charge is -2.14. The number of methoxy groups -OCH3 is 2. The van der Waals surface area contributed by atoms with Crippen LogP contribution in [0, 0.1) is 62.1 Å².